The van der Waals surface area contributed by atoms with E-state index in [-0.39, 0.29) is 0 Å². The van der Waals surface area contributed by atoms with Crippen LogP contribution in [-0.4, -0.2) is 11.6 Å². The van der Waals surface area contributed by atoms with Crippen LogP contribution in [0.2, 0.25) is 0 Å². The highest BCUT2D eigenvalue weighted by Crippen LogP contribution is 2.40. The maximum absolute atomic E-state index is 3.45. The number of thiophene rings is 1. The molecule has 1 atom stereocenters. The highest BCUT2D eigenvalue weighted by Gasteiger charge is 2.31. The maximum Gasteiger partial charge on any atom is 0.0361 e. The van der Waals surface area contributed by atoms with Gasteiger partial charge in [0.2, 0.25) is 0 Å². The summed E-state index contributed by atoms with van der Waals surface area (Å²) >= 11 is 1.78. The highest BCUT2D eigenvalue weighted by molar-refractivity contribution is 7.07. The third kappa shape index (κ3) is 2.68. The lowest BCUT2D eigenvalue weighted by molar-refractivity contribution is 0.527. The van der Waals surface area contributed by atoms with Crippen molar-refractivity contribution >= 4 is 11.3 Å². The Kier molecular flexibility index (Phi) is 3.52. The molecule has 0 saturated heterocycles. The van der Waals surface area contributed by atoms with E-state index in [0.29, 0.717) is 6.04 Å². The quantitative estimate of drug-likeness (QED) is 0.841. The van der Waals surface area contributed by atoms with E-state index in [1.807, 2.05) is 0 Å². The standard InChI is InChI=1S/C15H20N2S/c1-16-15(13-2-3-13)14-5-8-17(10-14)7-4-12-6-9-18-11-12/h5-6,8-11,13,15-16H,2-4,7H2,1H3. The normalized spacial score (nSPS) is 16.9. The minimum Gasteiger partial charge on any atom is -0.354 e. The van der Waals surface area contributed by atoms with Crippen LogP contribution in [-0.2, 0) is 13.0 Å². The summed E-state index contributed by atoms with van der Waals surface area (Å²) in [5.74, 6) is 0.864. The van der Waals surface area contributed by atoms with E-state index in [4.69, 9.17) is 0 Å². The summed E-state index contributed by atoms with van der Waals surface area (Å²) in [5.41, 5.74) is 2.90. The fraction of sp³-hybridized carbons (Fsp3) is 0.467. The summed E-state index contributed by atoms with van der Waals surface area (Å²) in [5, 5.41) is 7.85. The van der Waals surface area contributed by atoms with E-state index >= 15 is 0 Å². The molecule has 0 aliphatic heterocycles. The van der Waals surface area contributed by atoms with Crippen molar-refractivity contribution in [3.05, 3.63) is 46.4 Å². The van der Waals surface area contributed by atoms with E-state index in [1.165, 1.54) is 24.0 Å². The van der Waals surface area contributed by atoms with Gasteiger partial charge in [-0.25, -0.2) is 0 Å². The molecule has 0 spiro atoms. The Labute approximate surface area is 113 Å². The fourth-order valence-corrected chi connectivity index (χ4v) is 3.28. The third-order valence-electron chi connectivity index (χ3n) is 3.78. The first-order chi connectivity index (χ1) is 8.86. The van der Waals surface area contributed by atoms with Crippen molar-refractivity contribution in [3.8, 4) is 0 Å². The largest absolute Gasteiger partial charge is 0.354 e. The van der Waals surface area contributed by atoms with Gasteiger partial charge in [0.05, 0.1) is 0 Å². The first-order valence-corrected chi connectivity index (χ1v) is 7.65. The van der Waals surface area contributed by atoms with Gasteiger partial charge >= 0.3 is 0 Å². The molecule has 2 aromatic heterocycles. The lowest BCUT2D eigenvalue weighted by Crippen LogP contribution is -2.17. The molecule has 0 aromatic carbocycles. The van der Waals surface area contributed by atoms with Crippen LogP contribution in [0.3, 0.4) is 0 Å². The van der Waals surface area contributed by atoms with Gasteiger partial charge in [-0.2, -0.15) is 11.3 Å². The summed E-state index contributed by atoms with van der Waals surface area (Å²) in [7, 11) is 2.08. The highest BCUT2D eigenvalue weighted by atomic mass is 32.1. The molecule has 1 aliphatic rings. The van der Waals surface area contributed by atoms with Crippen molar-refractivity contribution in [1.82, 2.24) is 9.88 Å². The van der Waals surface area contributed by atoms with Crippen molar-refractivity contribution in [3.63, 3.8) is 0 Å². The average molecular weight is 260 g/mol. The zero-order chi connectivity index (χ0) is 12.4. The molecule has 1 fully saturated rings. The second-order valence-corrected chi connectivity index (χ2v) is 5.95. The van der Waals surface area contributed by atoms with Crippen molar-refractivity contribution in [2.75, 3.05) is 7.05 Å². The molecule has 18 heavy (non-hydrogen) atoms. The van der Waals surface area contributed by atoms with Gasteiger partial charge in [0, 0.05) is 25.0 Å². The predicted molar refractivity (Wildman–Crippen MR) is 77.0 cm³/mol. The zero-order valence-electron chi connectivity index (χ0n) is 10.8. The smallest absolute Gasteiger partial charge is 0.0361 e. The first kappa shape index (κ1) is 12.0. The molecule has 3 rings (SSSR count). The Morgan fingerprint density at radius 2 is 2.33 bits per heavy atom. The first-order valence-electron chi connectivity index (χ1n) is 6.71. The second kappa shape index (κ2) is 5.29. The van der Waals surface area contributed by atoms with E-state index in [1.54, 1.807) is 11.3 Å². The van der Waals surface area contributed by atoms with E-state index < -0.39 is 0 Å². The molecule has 96 valence electrons. The van der Waals surface area contributed by atoms with Crippen molar-refractivity contribution < 1.29 is 0 Å². The molecule has 2 aromatic rings. The van der Waals surface area contributed by atoms with Crippen LogP contribution in [0.4, 0.5) is 0 Å². The van der Waals surface area contributed by atoms with Gasteiger partial charge in [0.1, 0.15) is 0 Å². The van der Waals surface area contributed by atoms with Crippen molar-refractivity contribution in [1.29, 1.82) is 0 Å². The van der Waals surface area contributed by atoms with E-state index in [2.05, 4.69) is 52.2 Å². The topological polar surface area (TPSA) is 17.0 Å². The number of aryl methyl sites for hydroxylation is 2. The van der Waals surface area contributed by atoms with Crippen LogP contribution in [0.1, 0.15) is 30.0 Å². The summed E-state index contributed by atoms with van der Waals surface area (Å²) in [6.07, 6.45) is 8.42. The number of hydrogen-bond donors (Lipinski definition) is 1. The van der Waals surface area contributed by atoms with Crippen molar-refractivity contribution in [2.24, 2.45) is 5.92 Å². The van der Waals surface area contributed by atoms with Gasteiger partial charge in [-0.05, 0) is 66.2 Å². The second-order valence-electron chi connectivity index (χ2n) is 5.17. The molecule has 1 N–H and O–H groups in total. The van der Waals surface area contributed by atoms with Crippen LogP contribution in [0.5, 0.6) is 0 Å². The van der Waals surface area contributed by atoms with Gasteiger partial charge in [-0.3, -0.25) is 0 Å². The molecule has 0 amide bonds. The van der Waals surface area contributed by atoms with Crippen molar-refractivity contribution in [2.45, 2.75) is 31.8 Å². The average Bonchev–Trinajstić information content (AvgIpc) is 2.92. The Morgan fingerprint density at radius 1 is 1.44 bits per heavy atom. The molecule has 2 nitrogen and oxygen atoms in total. The minimum absolute atomic E-state index is 0.562. The molecule has 1 saturated carbocycles. The number of hydrogen-bond acceptors (Lipinski definition) is 2. The molecule has 2 heterocycles. The molecule has 1 unspecified atom stereocenters. The monoisotopic (exact) mass is 260 g/mol. The summed E-state index contributed by atoms with van der Waals surface area (Å²) in [6.45, 7) is 1.08. The lowest BCUT2D eigenvalue weighted by atomic mass is 10.1. The molecule has 3 heteroatoms. The van der Waals surface area contributed by atoms with Gasteiger partial charge in [-0.1, -0.05) is 0 Å². The molecule has 0 bridgehead atoms. The summed E-state index contributed by atoms with van der Waals surface area (Å²) in [6, 6.07) is 5.05. The zero-order valence-corrected chi connectivity index (χ0v) is 11.6. The predicted octanol–water partition coefficient (Wildman–Crippen LogP) is 3.46. The Balaban J connectivity index is 1.62. The van der Waals surface area contributed by atoms with Gasteiger partial charge in [0.25, 0.3) is 0 Å². The Hall–Kier alpha value is -1.06. The van der Waals surface area contributed by atoms with Gasteiger partial charge in [0.15, 0.2) is 0 Å². The summed E-state index contributed by atoms with van der Waals surface area (Å²) in [4.78, 5) is 0. The van der Waals surface area contributed by atoms with Gasteiger partial charge < -0.3 is 9.88 Å². The number of nitrogens with zero attached hydrogens (tertiary/aromatic N) is 1. The fourth-order valence-electron chi connectivity index (χ4n) is 2.58. The van der Waals surface area contributed by atoms with Gasteiger partial charge in [-0.15, -0.1) is 0 Å². The van der Waals surface area contributed by atoms with Crippen LogP contribution >= 0.6 is 11.3 Å². The third-order valence-corrected chi connectivity index (χ3v) is 4.51. The maximum atomic E-state index is 3.45. The Bertz CT molecular complexity index is 482. The Morgan fingerprint density at radius 3 is 3.00 bits per heavy atom. The van der Waals surface area contributed by atoms with Crippen LogP contribution in [0, 0.1) is 5.92 Å². The molecule has 1 aliphatic carbocycles. The van der Waals surface area contributed by atoms with Crippen LogP contribution in [0.15, 0.2) is 35.3 Å². The number of rotatable bonds is 6. The lowest BCUT2D eigenvalue weighted by Gasteiger charge is -2.13. The van der Waals surface area contributed by atoms with E-state index in [0.717, 1.165) is 18.9 Å². The molecular weight excluding hydrogens is 240 g/mol. The van der Waals surface area contributed by atoms with E-state index in [9.17, 15) is 0 Å². The number of nitrogens with one attached hydrogen (secondary N) is 1. The van der Waals surface area contributed by atoms with Crippen LogP contribution < -0.4 is 5.32 Å². The van der Waals surface area contributed by atoms with Crippen LogP contribution in [0.25, 0.3) is 0 Å². The summed E-state index contributed by atoms with van der Waals surface area (Å²) < 4.78 is 2.32. The minimum atomic E-state index is 0.562. The molecular formula is C15H20N2S. The SMILES string of the molecule is CNC(c1ccn(CCc2ccsc2)c1)C1CC1. The molecule has 0 radical (unpaired) electrons. The number of aromatic nitrogens is 1.